The lowest BCUT2D eigenvalue weighted by Crippen LogP contribution is -2.41. The molecular weight excluding hydrogens is 272 g/mol. The number of aliphatic imine (C=N–C) groups is 2. The van der Waals surface area contributed by atoms with Crippen LogP contribution in [0.1, 0.15) is 38.8 Å². The number of hydrogen-bond acceptors (Lipinski definition) is 4. The maximum absolute atomic E-state index is 4.67. The molecule has 4 nitrogen and oxygen atoms in total. The lowest BCUT2D eigenvalue weighted by atomic mass is 9.91. The largest absolute Gasteiger partial charge is 0.369 e. The molecular formula is C18H26N4. The highest BCUT2D eigenvalue weighted by atomic mass is 15.0. The summed E-state index contributed by atoms with van der Waals surface area (Å²) < 4.78 is 0. The van der Waals surface area contributed by atoms with Gasteiger partial charge in [0.05, 0.1) is 0 Å². The first kappa shape index (κ1) is 15.1. The molecule has 1 aromatic carbocycles. The van der Waals surface area contributed by atoms with Crippen LogP contribution < -0.4 is 10.6 Å². The summed E-state index contributed by atoms with van der Waals surface area (Å²) >= 11 is 0. The van der Waals surface area contributed by atoms with Gasteiger partial charge in [0.15, 0.2) is 0 Å². The third-order valence-electron chi connectivity index (χ3n) is 4.23. The van der Waals surface area contributed by atoms with Crippen molar-refractivity contribution in [2.45, 2.75) is 27.7 Å². The summed E-state index contributed by atoms with van der Waals surface area (Å²) in [6, 6.07) is 8.51. The number of nitrogens with one attached hydrogen (secondary N) is 2. The van der Waals surface area contributed by atoms with Crippen LogP contribution in [0.25, 0.3) is 0 Å². The smallest absolute Gasteiger partial charge is 0.128 e. The van der Waals surface area contributed by atoms with Crippen LogP contribution in [-0.2, 0) is 0 Å². The van der Waals surface area contributed by atoms with E-state index in [1.165, 1.54) is 0 Å². The number of amidine groups is 2. The van der Waals surface area contributed by atoms with Crippen molar-refractivity contribution in [3.63, 3.8) is 0 Å². The van der Waals surface area contributed by atoms with Crippen LogP contribution in [0.3, 0.4) is 0 Å². The molecule has 0 spiro atoms. The molecule has 0 saturated heterocycles. The van der Waals surface area contributed by atoms with Gasteiger partial charge in [-0.1, -0.05) is 52.0 Å². The fraction of sp³-hybridized carbons (Fsp3) is 0.556. The third-order valence-corrected chi connectivity index (χ3v) is 4.23. The summed E-state index contributed by atoms with van der Waals surface area (Å²) in [5.74, 6) is 2.01. The van der Waals surface area contributed by atoms with Gasteiger partial charge in [-0.2, -0.15) is 0 Å². The zero-order valence-corrected chi connectivity index (χ0v) is 14.0. The molecule has 3 rings (SSSR count). The van der Waals surface area contributed by atoms with Gasteiger partial charge in [0, 0.05) is 48.1 Å². The second kappa shape index (κ2) is 5.41. The third kappa shape index (κ3) is 3.32. The Morgan fingerprint density at radius 1 is 0.727 bits per heavy atom. The molecule has 2 heterocycles. The minimum atomic E-state index is 0.247. The Morgan fingerprint density at radius 2 is 1.09 bits per heavy atom. The van der Waals surface area contributed by atoms with E-state index < -0.39 is 0 Å². The fourth-order valence-electron chi connectivity index (χ4n) is 2.63. The van der Waals surface area contributed by atoms with Gasteiger partial charge in [-0.3, -0.25) is 9.98 Å². The lowest BCUT2D eigenvalue weighted by molar-refractivity contribution is 0.362. The van der Waals surface area contributed by atoms with Crippen molar-refractivity contribution in [2.24, 2.45) is 20.8 Å². The first-order valence-electron chi connectivity index (χ1n) is 8.02. The van der Waals surface area contributed by atoms with E-state index in [2.05, 4.69) is 72.6 Å². The van der Waals surface area contributed by atoms with E-state index in [0.29, 0.717) is 0 Å². The van der Waals surface area contributed by atoms with Crippen molar-refractivity contribution < 1.29 is 0 Å². The highest BCUT2D eigenvalue weighted by molar-refractivity contribution is 6.02. The second-order valence-corrected chi connectivity index (χ2v) is 7.94. The predicted molar refractivity (Wildman–Crippen MR) is 92.8 cm³/mol. The van der Waals surface area contributed by atoms with E-state index in [1.807, 2.05) is 0 Å². The Morgan fingerprint density at radius 3 is 1.36 bits per heavy atom. The van der Waals surface area contributed by atoms with E-state index in [9.17, 15) is 0 Å². The van der Waals surface area contributed by atoms with E-state index in [-0.39, 0.29) is 10.8 Å². The normalized spacial score (nSPS) is 22.9. The van der Waals surface area contributed by atoms with Crippen molar-refractivity contribution in [1.29, 1.82) is 0 Å². The van der Waals surface area contributed by atoms with Crippen molar-refractivity contribution in [2.75, 3.05) is 26.2 Å². The topological polar surface area (TPSA) is 48.8 Å². The molecule has 0 saturated carbocycles. The monoisotopic (exact) mass is 298 g/mol. The van der Waals surface area contributed by atoms with Gasteiger partial charge in [0.2, 0.25) is 0 Å². The van der Waals surface area contributed by atoms with Gasteiger partial charge in [0.1, 0.15) is 11.7 Å². The highest BCUT2D eigenvalue weighted by Gasteiger charge is 2.24. The Bertz CT molecular complexity index is 553. The number of benzene rings is 1. The van der Waals surface area contributed by atoms with Crippen LogP contribution in [0.2, 0.25) is 0 Å². The summed E-state index contributed by atoms with van der Waals surface area (Å²) in [5, 5.41) is 6.88. The lowest BCUT2D eigenvalue weighted by Gasteiger charge is -2.30. The standard InChI is InChI=1S/C18H26N4/c1-17(2)9-19-15(20-10-17)13-5-7-14(8-6-13)16-21-11-18(3,4)12-22-16/h5-8H,9-12H2,1-4H3,(H,19,20)(H,21,22). The van der Waals surface area contributed by atoms with Crippen LogP contribution in [0.5, 0.6) is 0 Å². The molecule has 0 radical (unpaired) electrons. The number of rotatable bonds is 2. The molecule has 0 aliphatic carbocycles. The molecule has 2 N–H and O–H groups in total. The van der Waals surface area contributed by atoms with Crippen LogP contribution >= 0.6 is 0 Å². The molecule has 22 heavy (non-hydrogen) atoms. The minimum absolute atomic E-state index is 0.247. The Hall–Kier alpha value is -1.84. The van der Waals surface area contributed by atoms with Crippen LogP contribution in [-0.4, -0.2) is 37.9 Å². The molecule has 2 aliphatic rings. The molecule has 0 amide bonds. The molecule has 0 aromatic heterocycles. The van der Waals surface area contributed by atoms with E-state index >= 15 is 0 Å². The van der Waals surface area contributed by atoms with E-state index in [1.54, 1.807) is 0 Å². The van der Waals surface area contributed by atoms with Crippen molar-refractivity contribution in [1.82, 2.24) is 10.6 Å². The molecule has 0 fully saturated rings. The molecule has 0 atom stereocenters. The van der Waals surface area contributed by atoms with Gasteiger partial charge in [-0.15, -0.1) is 0 Å². The van der Waals surface area contributed by atoms with Gasteiger partial charge in [-0.05, 0) is 0 Å². The number of nitrogens with zero attached hydrogens (tertiary/aromatic N) is 2. The van der Waals surface area contributed by atoms with Gasteiger partial charge in [-0.25, -0.2) is 0 Å². The first-order chi connectivity index (χ1) is 10.3. The summed E-state index contributed by atoms with van der Waals surface area (Å²) in [6.45, 7) is 12.6. The summed E-state index contributed by atoms with van der Waals surface area (Å²) in [5.41, 5.74) is 2.79. The predicted octanol–water partition coefficient (Wildman–Crippen LogP) is 2.44. The quantitative estimate of drug-likeness (QED) is 0.881. The van der Waals surface area contributed by atoms with Crippen LogP contribution in [0.15, 0.2) is 34.3 Å². The van der Waals surface area contributed by atoms with Crippen LogP contribution in [0.4, 0.5) is 0 Å². The molecule has 4 heteroatoms. The van der Waals surface area contributed by atoms with Crippen molar-refractivity contribution in [3.05, 3.63) is 35.4 Å². The zero-order chi connectivity index (χ0) is 15.8. The Balaban J connectivity index is 1.74. The molecule has 118 valence electrons. The molecule has 2 aliphatic heterocycles. The van der Waals surface area contributed by atoms with E-state index in [4.69, 9.17) is 0 Å². The van der Waals surface area contributed by atoms with Gasteiger partial charge < -0.3 is 10.6 Å². The Labute approximate surface area is 133 Å². The van der Waals surface area contributed by atoms with Gasteiger partial charge >= 0.3 is 0 Å². The maximum atomic E-state index is 4.67. The molecule has 0 unspecified atom stereocenters. The SMILES string of the molecule is CC1(C)CN=C(c2ccc(C3=NCC(C)(C)CN3)cc2)NC1. The van der Waals surface area contributed by atoms with Crippen molar-refractivity contribution >= 4 is 11.7 Å². The van der Waals surface area contributed by atoms with E-state index in [0.717, 1.165) is 49.0 Å². The summed E-state index contributed by atoms with van der Waals surface area (Å²) in [7, 11) is 0. The average Bonchev–Trinajstić information content (AvgIpc) is 2.48. The Kier molecular flexibility index (Phi) is 3.71. The highest BCUT2D eigenvalue weighted by Crippen LogP contribution is 2.20. The van der Waals surface area contributed by atoms with Crippen molar-refractivity contribution in [3.8, 4) is 0 Å². The minimum Gasteiger partial charge on any atom is -0.369 e. The first-order valence-corrected chi connectivity index (χ1v) is 8.02. The molecule has 0 bridgehead atoms. The maximum Gasteiger partial charge on any atom is 0.128 e. The number of hydrogen-bond donors (Lipinski definition) is 2. The molecule has 1 aromatic rings. The second-order valence-electron chi connectivity index (χ2n) is 7.94. The summed E-state index contributed by atoms with van der Waals surface area (Å²) in [6.07, 6.45) is 0. The van der Waals surface area contributed by atoms with Crippen LogP contribution in [0, 0.1) is 10.8 Å². The van der Waals surface area contributed by atoms with Gasteiger partial charge in [0.25, 0.3) is 0 Å². The zero-order valence-electron chi connectivity index (χ0n) is 14.0. The fourth-order valence-corrected chi connectivity index (χ4v) is 2.63. The average molecular weight is 298 g/mol. The summed E-state index contributed by atoms with van der Waals surface area (Å²) in [4.78, 5) is 9.35.